The first-order chi connectivity index (χ1) is 11.6. The van der Waals surface area contributed by atoms with Gasteiger partial charge in [-0.15, -0.1) is 0 Å². The number of carbonyl (C=O) groups excluding carboxylic acids is 2. The van der Waals surface area contributed by atoms with E-state index in [1.807, 2.05) is 6.07 Å². The molecule has 0 unspecified atom stereocenters. The molecule has 5 nitrogen and oxygen atoms in total. The van der Waals surface area contributed by atoms with E-state index in [1.165, 1.54) is 13.2 Å². The lowest BCUT2D eigenvalue weighted by Crippen LogP contribution is -2.12. The Morgan fingerprint density at radius 1 is 1.08 bits per heavy atom. The molecule has 0 saturated heterocycles. The maximum absolute atomic E-state index is 12.1. The number of esters is 1. The number of benzene rings is 2. The molecule has 0 atom stereocenters. The fourth-order valence-corrected chi connectivity index (χ4v) is 1.85. The van der Waals surface area contributed by atoms with Crippen LogP contribution >= 0.6 is 0 Å². The molecule has 0 aliphatic carbocycles. The number of ketones is 1. The van der Waals surface area contributed by atoms with Gasteiger partial charge in [-0.1, -0.05) is 18.2 Å². The monoisotopic (exact) mass is 321 g/mol. The van der Waals surface area contributed by atoms with Crippen molar-refractivity contribution in [2.75, 3.05) is 13.7 Å². The summed E-state index contributed by atoms with van der Waals surface area (Å²) >= 11 is 0. The summed E-state index contributed by atoms with van der Waals surface area (Å²) in [6.45, 7) is -0.178. The fraction of sp³-hybridized carbons (Fsp3) is 0.105. The number of hydrogen-bond donors (Lipinski definition) is 0. The molecule has 0 aliphatic heterocycles. The molecule has 0 bridgehead atoms. The minimum Gasteiger partial charge on any atom is -0.482 e. The minimum absolute atomic E-state index is 0.154. The molecule has 0 amide bonds. The Labute approximate surface area is 139 Å². The Morgan fingerprint density at radius 2 is 1.75 bits per heavy atom. The molecule has 0 aromatic heterocycles. The second-order valence-corrected chi connectivity index (χ2v) is 4.82. The van der Waals surface area contributed by atoms with E-state index < -0.39 is 5.97 Å². The molecule has 5 heteroatoms. The molecule has 0 aliphatic rings. The van der Waals surface area contributed by atoms with E-state index in [-0.39, 0.29) is 12.4 Å². The van der Waals surface area contributed by atoms with Gasteiger partial charge in [0.15, 0.2) is 12.4 Å². The highest BCUT2D eigenvalue weighted by molar-refractivity contribution is 6.06. The highest BCUT2D eigenvalue weighted by atomic mass is 16.6. The van der Waals surface area contributed by atoms with Crippen molar-refractivity contribution in [2.24, 2.45) is 0 Å². The minimum atomic E-state index is -0.472. The van der Waals surface area contributed by atoms with Crippen LogP contribution in [-0.4, -0.2) is 25.5 Å². The number of nitrogens with zero attached hydrogens (tertiary/aromatic N) is 1. The van der Waals surface area contributed by atoms with Crippen molar-refractivity contribution < 1.29 is 19.1 Å². The molecule has 24 heavy (non-hydrogen) atoms. The normalized spacial score (nSPS) is 10.2. The van der Waals surface area contributed by atoms with Gasteiger partial charge in [0.2, 0.25) is 0 Å². The van der Waals surface area contributed by atoms with Crippen LogP contribution in [0.15, 0.2) is 54.6 Å². The average molecular weight is 321 g/mol. The zero-order valence-corrected chi connectivity index (χ0v) is 13.1. The summed E-state index contributed by atoms with van der Waals surface area (Å²) in [5, 5.41) is 8.74. The zero-order chi connectivity index (χ0) is 17.4. The number of methoxy groups -OCH3 is 1. The van der Waals surface area contributed by atoms with Crippen LogP contribution in [0.5, 0.6) is 5.75 Å². The van der Waals surface area contributed by atoms with Gasteiger partial charge >= 0.3 is 5.97 Å². The Morgan fingerprint density at radius 3 is 2.33 bits per heavy atom. The molecule has 0 N–H and O–H groups in total. The predicted molar refractivity (Wildman–Crippen MR) is 88.5 cm³/mol. The van der Waals surface area contributed by atoms with Gasteiger partial charge in [0.25, 0.3) is 0 Å². The van der Waals surface area contributed by atoms with Gasteiger partial charge in [-0.2, -0.15) is 5.26 Å². The summed E-state index contributed by atoms with van der Waals surface area (Å²) in [5.41, 5.74) is 1.91. The first-order valence-corrected chi connectivity index (χ1v) is 7.14. The molecule has 2 rings (SSSR count). The van der Waals surface area contributed by atoms with E-state index in [0.717, 1.165) is 5.56 Å². The topological polar surface area (TPSA) is 76.4 Å². The third kappa shape index (κ3) is 4.82. The fourth-order valence-electron chi connectivity index (χ4n) is 1.85. The lowest BCUT2D eigenvalue weighted by atomic mass is 10.1. The molecular weight excluding hydrogens is 306 g/mol. The summed E-state index contributed by atoms with van der Waals surface area (Å²) in [6, 6.07) is 15.4. The van der Waals surface area contributed by atoms with Crippen LogP contribution < -0.4 is 4.74 Å². The number of rotatable bonds is 6. The lowest BCUT2D eigenvalue weighted by molar-refractivity contribution is -0.142. The second-order valence-electron chi connectivity index (χ2n) is 4.82. The first kappa shape index (κ1) is 17.0. The Bertz CT molecular complexity index is 784. The van der Waals surface area contributed by atoms with Crippen molar-refractivity contribution in [3.8, 4) is 11.8 Å². The number of allylic oxidation sites excluding steroid dienone is 1. The average Bonchev–Trinajstić information content (AvgIpc) is 2.64. The van der Waals surface area contributed by atoms with Crippen LogP contribution in [0, 0.1) is 11.3 Å². The maximum atomic E-state index is 12.1. The van der Waals surface area contributed by atoms with E-state index >= 15 is 0 Å². The lowest BCUT2D eigenvalue weighted by Gasteiger charge is -2.04. The highest BCUT2D eigenvalue weighted by Crippen LogP contribution is 2.14. The summed E-state index contributed by atoms with van der Waals surface area (Å²) in [5.74, 6) is -0.146. The van der Waals surface area contributed by atoms with E-state index in [0.29, 0.717) is 16.9 Å². The summed E-state index contributed by atoms with van der Waals surface area (Å²) in [7, 11) is 1.29. The van der Waals surface area contributed by atoms with Crippen molar-refractivity contribution in [3.63, 3.8) is 0 Å². The van der Waals surface area contributed by atoms with Crippen LogP contribution in [-0.2, 0) is 9.53 Å². The number of nitriles is 1. The predicted octanol–water partition coefficient (Wildman–Crippen LogP) is 3.01. The van der Waals surface area contributed by atoms with Gasteiger partial charge in [0.05, 0.1) is 18.7 Å². The molecule has 0 heterocycles. The van der Waals surface area contributed by atoms with Crippen LogP contribution in [0.2, 0.25) is 0 Å². The standard InChI is InChI=1S/C19H15NO4/c1-23-19(22)13-24-17-9-7-16(8-10-17)18(21)11-6-14-2-4-15(12-20)5-3-14/h2-11H,13H2,1H3. The second kappa shape index (κ2) is 8.30. The Hall–Kier alpha value is -3.39. The molecule has 0 spiro atoms. The van der Waals surface area contributed by atoms with Crippen LogP contribution in [0.4, 0.5) is 0 Å². The van der Waals surface area contributed by atoms with Crippen LogP contribution in [0.1, 0.15) is 21.5 Å². The zero-order valence-electron chi connectivity index (χ0n) is 13.1. The largest absolute Gasteiger partial charge is 0.482 e. The molecular formula is C19H15NO4. The van der Waals surface area contributed by atoms with Crippen LogP contribution in [0.3, 0.4) is 0 Å². The SMILES string of the molecule is COC(=O)COc1ccc(C(=O)C=Cc2ccc(C#N)cc2)cc1. The third-order valence-corrected chi connectivity index (χ3v) is 3.19. The summed E-state index contributed by atoms with van der Waals surface area (Å²) in [4.78, 5) is 23.1. The molecule has 0 saturated carbocycles. The van der Waals surface area contributed by atoms with Crippen molar-refractivity contribution in [1.82, 2.24) is 0 Å². The van der Waals surface area contributed by atoms with Gasteiger partial charge in [-0.05, 0) is 48.0 Å². The van der Waals surface area contributed by atoms with Gasteiger partial charge in [-0.3, -0.25) is 4.79 Å². The van der Waals surface area contributed by atoms with Gasteiger partial charge in [0, 0.05) is 5.56 Å². The quantitative estimate of drug-likeness (QED) is 0.464. The molecule has 120 valence electrons. The van der Waals surface area contributed by atoms with Crippen molar-refractivity contribution >= 4 is 17.8 Å². The number of ether oxygens (including phenoxy) is 2. The summed E-state index contributed by atoms with van der Waals surface area (Å²) < 4.78 is 9.69. The van der Waals surface area contributed by atoms with Crippen molar-refractivity contribution in [3.05, 3.63) is 71.3 Å². The van der Waals surface area contributed by atoms with E-state index in [2.05, 4.69) is 4.74 Å². The van der Waals surface area contributed by atoms with Gasteiger partial charge in [-0.25, -0.2) is 4.79 Å². The summed E-state index contributed by atoms with van der Waals surface area (Å²) in [6.07, 6.45) is 3.15. The number of hydrogen-bond acceptors (Lipinski definition) is 5. The Balaban J connectivity index is 1.97. The molecule has 0 fully saturated rings. The molecule has 2 aromatic carbocycles. The number of carbonyl (C=O) groups is 2. The first-order valence-electron chi connectivity index (χ1n) is 7.14. The van der Waals surface area contributed by atoms with E-state index in [9.17, 15) is 9.59 Å². The van der Waals surface area contributed by atoms with E-state index in [4.69, 9.17) is 10.00 Å². The highest BCUT2D eigenvalue weighted by Gasteiger charge is 2.04. The van der Waals surface area contributed by atoms with E-state index in [1.54, 1.807) is 54.6 Å². The Kier molecular flexibility index (Phi) is 5.87. The van der Waals surface area contributed by atoms with Gasteiger partial charge in [0.1, 0.15) is 5.75 Å². The van der Waals surface area contributed by atoms with Crippen LogP contribution in [0.25, 0.3) is 6.08 Å². The smallest absolute Gasteiger partial charge is 0.343 e. The molecule has 2 aromatic rings. The third-order valence-electron chi connectivity index (χ3n) is 3.19. The maximum Gasteiger partial charge on any atom is 0.343 e. The van der Waals surface area contributed by atoms with Gasteiger partial charge < -0.3 is 9.47 Å². The van der Waals surface area contributed by atoms with Crippen molar-refractivity contribution in [1.29, 1.82) is 5.26 Å². The van der Waals surface area contributed by atoms with Crippen molar-refractivity contribution in [2.45, 2.75) is 0 Å². The molecule has 0 radical (unpaired) electrons.